The Balaban J connectivity index is 2.46. The van der Waals surface area contributed by atoms with Gasteiger partial charge in [-0.05, 0) is 30.8 Å². The molecule has 5 heteroatoms. The number of halogens is 2. The number of hydrogen-bond acceptors (Lipinski definition) is 3. The van der Waals surface area contributed by atoms with E-state index in [9.17, 15) is 8.78 Å². The molecule has 2 aromatic carbocycles. The molecule has 0 heterocycles. The summed E-state index contributed by atoms with van der Waals surface area (Å²) in [5.41, 5.74) is 1.16. The lowest BCUT2D eigenvalue weighted by molar-refractivity contribution is 0.354. The van der Waals surface area contributed by atoms with Gasteiger partial charge in [0.1, 0.15) is 11.6 Å². The molecule has 2 aromatic rings. The van der Waals surface area contributed by atoms with Crippen LogP contribution < -0.4 is 14.8 Å². The van der Waals surface area contributed by atoms with E-state index in [2.05, 4.69) is 5.32 Å². The number of nitrogens with one attached hydrogen (secondary N) is 1. The second-order valence-electron chi connectivity index (χ2n) is 4.50. The Morgan fingerprint density at radius 1 is 0.952 bits per heavy atom. The van der Waals surface area contributed by atoms with Crippen molar-refractivity contribution in [2.24, 2.45) is 0 Å². The molecule has 0 saturated heterocycles. The molecule has 0 fully saturated rings. The van der Waals surface area contributed by atoms with E-state index >= 15 is 0 Å². The van der Waals surface area contributed by atoms with Crippen LogP contribution in [0.3, 0.4) is 0 Å². The summed E-state index contributed by atoms with van der Waals surface area (Å²) in [6.45, 7) is 0. The average molecular weight is 293 g/mol. The Morgan fingerprint density at radius 3 is 2.24 bits per heavy atom. The second kappa shape index (κ2) is 6.54. The van der Waals surface area contributed by atoms with E-state index in [0.717, 1.165) is 11.6 Å². The first-order valence-corrected chi connectivity index (χ1v) is 6.44. The molecule has 0 aromatic heterocycles. The third-order valence-corrected chi connectivity index (χ3v) is 3.30. The van der Waals surface area contributed by atoms with Gasteiger partial charge in [0.05, 0.1) is 20.3 Å². The predicted octanol–water partition coefficient (Wildman–Crippen LogP) is 3.29. The summed E-state index contributed by atoms with van der Waals surface area (Å²) < 4.78 is 37.4. The van der Waals surface area contributed by atoms with E-state index in [0.29, 0.717) is 17.1 Å². The van der Waals surface area contributed by atoms with Gasteiger partial charge in [-0.15, -0.1) is 0 Å². The minimum atomic E-state index is -0.599. The first-order chi connectivity index (χ1) is 10.1. The van der Waals surface area contributed by atoms with Crippen LogP contribution in [0.1, 0.15) is 17.2 Å². The van der Waals surface area contributed by atoms with Gasteiger partial charge >= 0.3 is 0 Å². The van der Waals surface area contributed by atoms with E-state index in [4.69, 9.17) is 9.47 Å². The molecule has 1 N–H and O–H groups in total. The third kappa shape index (κ3) is 3.13. The zero-order valence-electron chi connectivity index (χ0n) is 12.1. The van der Waals surface area contributed by atoms with Crippen LogP contribution >= 0.6 is 0 Å². The van der Waals surface area contributed by atoms with Crippen LogP contribution in [-0.2, 0) is 0 Å². The van der Waals surface area contributed by atoms with Crippen molar-refractivity contribution < 1.29 is 18.3 Å². The molecule has 0 aliphatic carbocycles. The number of hydrogen-bond donors (Lipinski definition) is 1. The van der Waals surface area contributed by atoms with Crippen LogP contribution in [0.4, 0.5) is 8.78 Å². The molecule has 21 heavy (non-hydrogen) atoms. The highest BCUT2D eigenvalue weighted by Crippen LogP contribution is 2.32. The lowest BCUT2D eigenvalue weighted by Gasteiger charge is -2.19. The molecule has 0 radical (unpaired) electrons. The normalized spacial score (nSPS) is 12.0. The quantitative estimate of drug-likeness (QED) is 0.917. The highest BCUT2D eigenvalue weighted by atomic mass is 19.1. The van der Waals surface area contributed by atoms with Crippen LogP contribution in [0, 0.1) is 11.6 Å². The van der Waals surface area contributed by atoms with E-state index in [1.807, 2.05) is 6.07 Å². The van der Waals surface area contributed by atoms with Gasteiger partial charge in [0.15, 0.2) is 11.5 Å². The SMILES string of the molecule is CNC(c1ccc(OC)c(OC)c1)c1ccc(F)cc1F. The van der Waals surface area contributed by atoms with Crippen molar-refractivity contribution in [2.75, 3.05) is 21.3 Å². The van der Waals surface area contributed by atoms with E-state index < -0.39 is 17.7 Å². The first kappa shape index (κ1) is 15.3. The molecule has 112 valence electrons. The molecule has 0 saturated carbocycles. The van der Waals surface area contributed by atoms with Crippen molar-refractivity contribution >= 4 is 0 Å². The summed E-state index contributed by atoms with van der Waals surface area (Å²) in [6.07, 6.45) is 0. The standard InChI is InChI=1S/C16H17F2NO2/c1-19-16(12-6-5-11(17)9-13(12)18)10-4-7-14(20-2)15(8-10)21-3/h4-9,16,19H,1-3H3. The first-order valence-electron chi connectivity index (χ1n) is 6.44. The maximum absolute atomic E-state index is 14.0. The molecule has 0 aliphatic heterocycles. The molecule has 1 atom stereocenters. The molecule has 1 unspecified atom stereocenters. The number of ether oxygens (including phenoxy) is 2. The van der Waals surface area contributed by atoms with Crippen LogP contribution in [0.15, 0.2) is 36.4 Å². The monoisotopic (exact) mass is 293 g/mol. The van der Waals surface area contributed by atoms with Gasteiger partial charge < -0.3 is 14.8 Å². The Bertz CT molecular complexity index is 632. The number of benzene rings is 2. The minimum Gasteiger partial charge on any atom is -0.493 e. The molecule has 2 rings (SSSR count). The summed E-state index contributed by atoms with van der Waals surface area (Å²) >= 11 is 0. The largest absolute Gasteiger partial charge is 0.493 e. The zero-order chi connectivity index (χ0) is 15.4. The zero-order valence-corrected chi connectivity index (χ0v) is 12.1. The summed E-state index contributed by atoms with van der Waals surface area (Å²) in [7, 11) is 4.80. The number of rotatable bonds is 5. The summed E-state index contributed by atoms with van der Waals surface area (Å²) in [5.74, 6) is -0.0454. The van der Waals surface area contributed by atoms with Gasteiger partial charge in [-0.2, -0.15) is 0 Å². The van der Waals surface area contributed by atoms with Gasteiger partial charge in [0, 0.05) is 11.6 Å². The summed E-state index contributed by atoms with van der Waals surface area (Å²) in [4.78, 5) is 0. The molecule has 3 nitrogen and oxygen atoms in total. The molecule has 0 spiro atoms. The maximum Gasteiger partial charge on any atom is 0.161 e. The van der Waals surface area contributed by atoms with Crippen molar-refractivity contribution in [3.63, 3.8) is 0 Å². The van der Waals surface area contributed by atoms with Crippen molar-refractivity contribution in [1.82, 2.24) is 5.32 Å². The third-order valence-electron chi connectivity index (χ3n) is 3.30. The fraction of sp³-hybridized carbons (Fsp3) is 0.250. The molecular weight excluding hydrogens is 276 g/mol. The minimum absolute atomic E-state index is 0.367. The van der Waals surface area contributed by atoms with Crippen molar-refractivity contribution in [1.29, 1.82) is 0 Å². The van der Waals surface area contributed by atoms with Gasteiger partial charge in [-0.1, -0.05) is 12.1 Å². The molecule has 0 aliphatic rings. The van der Waals surface area contributed by atoms with Crippen LogP contribution in [0.2, 0.25) is 0 Å². The molecule has 0 bridgehead atoms. The van der Waals surface area contributed by atoms with E-state index in [1.165, 1.54) is 19.2 Å². The van der Waals surface area contributed by atoms with Gasteiger partial charge in [0.2, 0.25) is 0 Å². The topological polar surface area (TPSA) is 30.5 Å². The average Bonchev–Trinajstić information content (AvgIpc) is 2.49. The fourth-order valence-corrected chi connectivity index (χ4v) is 2.27. The molecule has 0 amide bonds. The lowest BCUT2D eigenvalue weighted by atomic mass is 9.98. The Hall–Kier alpha value is -2.14. The Labute approximate surface area is 122 Å². The smallest absolute Gasteiger partial charge is 0.161 e. The lowest BCUT2D eigenvalue weighted by Crippen LogP contribution is -2.19. The maximum atomic E-state index is 14.0. The highest BCUT2D eigenvalue weighted by Gasteiger charge is 2.18. The summed E-state index contributed by atoms with van der Waals surface area (Å²) in [6, 6.07) is 8.46. The van der Waals surface area contributed by atoms with E-state index in [1.54, 1.807) is 26.3 Å². The van der Waals surface area contributed by atoms with Crippen molar-refractivity contribution in [3.8, 4) is 11.5 Å². The Morgan fingerprint density at radius 2 is 1.67 bits per heavy atom. The van der Waals surface area contributed by atoms with Crippen LogP contribution in [-0.4, -0.2) is 21.3 Å². The van der Waals surface area contributed by atoms with Crippen LogP contribution in [0.25, 0.3) is 0 Å². The number of methoxy groups -OCH3 is 2. The fourth-order valence-electron chi connectivity index (χ4n) is 2.27. The molecular formula is C16H17F2NO2. The van der Waals surface area contributed by atoms with Gasteiger partial charge in [0.25, 0.3) is 0 Å². The predicted molar refractivity (Wildman–Crippen MR) is 76.8 cm³/mol. The van der Waals surface area contributed by atoms with Crippen molar-refractivity contribution in [2.45, 2.75) is 6.04 Å². The summed E-state index contributed by atoms with van der Waals surface area (Å²) in [5, 5.41) is 3.02. The second-order valence-corrected chi connectivity index (χ2v) is 4.50. The van der Waals surface area contributed by atoms with Crippen LogP contribution in [0.5, 0.6) is 11.5 Å². The van der Waals surface area contributed by atoms with Gasteiger partial charge in [-0.3, -0.25) is 0 Å². The van der Waals surface area contributed by atoms with Gasteiger partial charge in [-0.25, -0.2) is 8.78 Å². The Kier molecular flexibility index (Phi) is 4.75. The van der Waals surface area contributed by atoms with E-state index in [-0.39, 0.29) is 0 Å². The van der Waals surface area contributed by atoms with Crippen molar-refractivity contribution in [3.05, 3.63) is 59.2 Å². The highest BCUT2D eigenvalue weighted by molar-refractivity contribution is 5.46.